The van der Waals surface area contributed by atoms with Crippen LogP contribution in [0.3, 0.4) is 0 Å². The first-order chi connectivity index (χ1) is 7.95. The lowest BCUT2D eigenvalue weighted by Gasteiger charge is -2.20. The Morgan fingerprint density at radius 2 is 1.88 bits per heavy atom. The molecule has 1 aromatic carbocycles. The summed E-state index contributed by atoms with van der Waals surface area (Å²) in [4.78, 5) is 0. The summed E-state index contributed by atoms with van der Waals surface area (Å²) in [7, 11) is 0. The van der Waals surface area contributed by atoms with Gasteiger partial charge in [0.1, 0.15) is 5.82 Å². The lowest BCUT2D eigenvalue weighted by atomic mass is 9.91. The van der Waals surface area contributed by atoms with Crippen LogP contribution in [0.5, 0.6) is 0 Å². The molecule has 0 saturated carbocycles. The number of aryl methyl sites for hydroxylation is 1. The van der Waals surface area contributed by atoms with Crippen LogP contribution in [0.25, 0.3) is 0 Å². The van der Waals surface area contributed by atoms with Gasteiger partial charge in [-0.05, 0) is 42.9 Å². The summed E-state index contributed by atoms with van der Waals surface area (Å²) >= 11 is 0. The van der Waals surface area contributed by atoms with E-state index in [9.17, 15) is 14.6 Å². The van der Waals surface area contributed by atoms with Gasteiger partial charge in [-0.2, -0.15) is 0 Å². The number of aliphatic hydroxyl groups excluding tert-OH is 2. The van der Waals surface area contributed by atoms with Crippen molar-refractivity contribution < 1.29 is 14.6 Å². The molecule has 2 nitrogen and oxygen atoms in total. The fraction of sp³-hybridized carbons (Fsp3) is 0.571. The fourth-order valence-electron chi connectivity index (χ4n) is 1.90. The molecule has 96 valence electrons. The third kappa shape index (κ3) is 3.79. The summed E-state index contributed by atoms with van der Waals surface area (Å²) in [5.41, 5.74) is 1.60. The third-order valence-electron chi connectivity index (χ3n) is 3.21. The Morgan fingerprint density at radius 3 is 2.41 bits per heavy atom. The van der Waals surface area contributed by atoms with Gasteiger partial charge in [0.15, 0.2) is 0 Å². The van der Waals surface area contributed by atoms with Gasteiger partial charge in [-0.1, -0.05) is 26.0 Å². The van der Waals surface area contributed by atoms with Gasteiger partial charge >= 0.3 is 0 Å². The first kappa shape index (κ1) is 14.1. The van der Waals surface area contributed by atoms with Gasteiger partial charge in [0, 0.05) is 0 Å². The lowest BCUT2D eigenvalue weighted by Crippen LogP contribution is -2.26. The first-order valence-corrected chi connectivity index (χ1v) is 6.07. The van der Waals surface area contributed by atoms with E-state index >= 15 is 0 Å². The molecular formula is C14H21FO2. The zero-order valence-electron chi connectivity index (χ0n) is 10.7. The minimum absolute atomic E-state index is 0.102. The van der Waals surface area contributed by atoms with E-state index < -0.39 is 12.2 Å². The van der Waals surface area contributed by atoms with E-state index in [0.29, 0.717) is 18.4 Å². The van der Waals surface area contributed by atoms with E-state index in [2.05, 4.69) is 0 Å². The first-order valence-electron chi connectivity index (χ1n) is 6.07. The van der Waals surface area contributed by atoms with Crippen molar-refractivity contribution in [1.82, 2.24) is 0 Å². The molecule has 0 fully saturated rings. The Balaban J connectivity index is 2.69. The Bertz CT molecular complexity index is 365. The van der Waals surface area contributed by atoms with E-state index in [1.807, 2.05) is 13.8 Å². The van der Waals surface area contributed by atoms with Crippen LogP contribution < -0.4 is 0 Å². The highest BCUT2D eigenvalue weighted by molar-refractivity contribution is 5.26. The predicted molar refractivity (Wildman–Crippen MR) is 66.5 cm³/mol. The van der Waals surface area contributed by atoms with Crippen molar-refractivity contribution in [2.75, 3.05) is 0 Å². The summed E-state index contributed by atoms with van der Waals surface area (Å²) in [6.45, 7) is 5.53. The van der Waals surface area contributed by atoms with Crippen LogP contribution in [-0.2, 0) is 0 Å². The zero-order chi connectivity index (χ0) is 13.0. The SMILES string of the molecule is CCC(O)C(O)CC(C)c1ccc(F)c(C)c1. The van der Waals surface area contributed by atoms with Crippen molar-refractivity contribution in [2.24, 2.45) is 0 Å². The Hall–Kier alpha value is -0.930. The number of hydrogen-bond donors (Lipinski definition) is 2. The second-order valence-corrected chi connectivity index (χ2v) is 4.69. The van der Waals surface area contributed by atoms with Crippen LogP contribution in [0.2, 0.25) is 0 Å². The third-order valence-corrected chi connectivity index (χ3v) is 3.21. The van der Waals surface area contributed by atoms with Gasteiger partial charge in [0.2, 0.25) is 0 Å². The van der Waals surface area contributed by atoms with E-state index in [0.717, 1.165) is 5.56 Å². The average Bonchev–Trinajstić information content (AvgIpc) is 2.31. The second-order valence-electron chi connectivity index (χ2n) is 4.69. The van der Waals surface area contributed by atoms with Gasteiger partial charge in [-0.15, -0.1) is 0 Å². The summed E-state index contributed by atoms with van der Waals surface area (Å²) < 4.78 is 13.1. The Labute approximate surface area is 102 Å². The van der Waals surface area contributed by atoms with Gasteiger partial charge in [-0.3, -0.25) is 0 Å². The largest absolute Gasteiger partial charge is 0.390 e. The van der Waals surface area contributed by atoms with Crippen molar-refractivity contribution in [3.05, 3.63) is 35.1 Å². The van der Waals surface area contributed by atoms with Gasteiger partial charge in [-0.25, -0.2) is 4.39 Å². The number of benzene rings is 1. The zero-order valence-corrected chi connectivity index (χ0v) is 10.7. The van der Waals surface area contributed by atoms with Crippen molar-refractivity contribution in [1.29, 1.82) is 0 Å². The van der Waals surface area contributed by atoms with E-state index in [1.165, 1.54) is 6.07 Å². The maximum Gasteiger partial charge on any atom is 0.126 e. The number of hydrogen-bond acceptors (Lipinski definition) is 2. The molecule has 0 spiro atoms. The fourth-order valence-corrected chi connectivity index (χ4v) is 1.90. The monoisotopic (exact) mass is 240 g/mol. The molecule has 1 rings (SSSR count). The van der Waals surface area contributed by atoms with Gasteiger partial charge in [0.05, 0.1) is 12.2 Å². The molecule has 2 N–H and O–H groups in total. The topological polar surface area (TPSA) is 40.5 Å². The quantitative estimate of drug-likeness (QED) is 0.830. The molecule has 0 saturated heterocycles. The molecule has 0 aliphatic carbocycles. The van der Waals surface area contributed by atoms with Crippen LogP contribution in [-0.4, -0.2) is 22.4 Å². The molecule has 3 unspecified atom stereocenters. The lowest BCUT2D eigenvalue weighted by molar-refractivity contribution is 0.00953. The highest BCUT2D eigenvalue weighted by atomic mass is 19.1. The number of rotatable bonds is 5. The molecule has 0 bridgehead atoms. The number of halogens is 1. The minimum Gasteiger partial charge on any atom is -0.390 e. The average molecular weight is 240 g/mol. The molecule has 0 amide bonds. The second kappa shape index (κ2) is 6.12. The molecule has 0 aliphatic rings. The van der Waals surface area contributed by atoms with Gasteiger partial charge in [0.25, 0.3) is 0 Å². The molecule has 17 heavy (non-hydrogen) atoms. The normalized spacial score (nSPS) is 16.6. The highest BCUT2D eigenvalue weighted by Gasteiger charge is 2.18. The Kier molecular flexibility index (Phi) is 5.09. The van der Waals surface area contributed by atoms with Crippen molar-refractivity contribution in [3.63, 3.8) is 0 Å². The molecule has 1 aromatic rings. The molecule has 3 atom stereocenters. The molecule has 0 aromatic heterocycles. The minimum atomic E-state index is -0.722. The van der Waals surface area contributed by atoms with Crippen LogP contribution in [0.4, 0.5) is 4.39 Å². The molecular weight excluding hydrogens is 219 g/mol. The summed E-state index contributed by atoms with van der Waals surface area (Å²) in [6.07, 6.45) is -0.379. The summed E-state index contributed by atoms with van der Waals surface area (Å²) in [5.74, 6) is -0.111. The van der Waals surface area contributed by atoms with Crippen LogP contribution in [0.15, 0.2) is 18.2 Å². The van der Waals surface area contributed by atoms with Gasteiger partial charge < -0.3 is 10.2 Å². The summed E-state index contributed by atoms with van der Waals surface area (Å²) in [5, 5.41) is 19.3. The predicted octanol–water partition coefficient (Wildman–Crippen LogP) is 2.76. The Morgan fingerprint density at radius 1 is 1.24 bits per heavy atom. The number of aliphatic hydroxyl groups is 2. The maximum absolute atomic E-state index is 13.1. The van der Waals surface area contributed by atoms with Crippen molar-refractivity contribution in [3.8, 4) is 0 Å². The molecule has 3 heteroatoms. The smallest absolute Gasteiger partial charge is 0.126 e. The van der Waals surface area contributed by atoms with Crippen molar-refractivity contribution >= 4 is 0 Å². The van der Waals surface area contributed by atoms with E-state index in [1.54, 1.807) is 19.1 Å². The molecule has 0 radical (unpaired) electrons. The summed E-state index contributed by atoms with van der Waals surface area (Å²) in [6, 6.07) is 4.98. The molecule has 0 heterocycles. The molecule has 0 aliphatic heterocycles. The highest BCUT2D eigenvalue weighted by Crippen LogP contribution is 2.24. The van der Waals surface area contributed by atoms with Crippen LogP contribution >= 0.6 is 0 Å². The maximum atomic E-state index is 13.1. The standard InChI is InChI=1S/C14H21FO2/c1-4-13(16)14(17)8-9(2)11-5-6-12(15)10(3)7-11/h5-7,9,13-14,16-17H,4,8H2,1-3H3. The van der Waals surface area contributed by atoms with Crippen LogP contribution in [0, 0.1) is 12.7 Å². The van der Waals surface area contributed by atoms with E-state index in [-0.39, 0.29) is 11.7 Å². The van der Waals surface area contributed by atoms with E-state index in [4.69, 9.17) is 0 Å². The van der Waals surface area contributed by atoms with Crippen molar-refractivity contribution in [2.45, 2.75) is 51.7 Å². The van der Waals surface area contributed by atoms with Crippen LogP contribution in [0.1, 0.15) is 43.7 Å².